The highest BCUT2D eigenvalue weighted by Gasteiger charge is 2.13. The van der Waals surface area contributed by atoms with Crippen molar-refractivity contribution in [2.75, 3.05) is 17.7 Å². The molecule has 0 aliphatic rings. The van der Waals surface area contributed by atoms with E-state index in [0.717, 1.165) is 22.5 Å². The number of para-hydroxylation sites is 1. The molecule has 0 aliphatic carbocycles. The molecule has 1 aromatic carbocycles. The van der Waals surface area contributed by atoms with Gasteiger partial charge in [-0.15, -0.1) is 0 Å². The number of methoxy groups -OCH3 is 1. The van der Waals surface area contributed by atoms with Gasteiger partial charge in [0.05, 0.1) is 19.0 Å². The molecule has 9 nitrogen and oxygen atoms in total. The lowest BCUT2D eigenvalue weighted by molar-refractivity contribution is 0.418. The maximum Gasteiger partial charge on any atom is 0.150 e. The molecule has 0 atom stereocenters. The van der Waals surface area contributed by atoms with Gasteiger partial charge in [-0.05, 0) is 19.9 Å². The Hall–Kier alpha value is -4.01. The van der Waals surface area contributed by atoms with Gasteiger partial charge in [0.1, 0.15) is 35.4 Å². The summed E-state index contributed by atoms with van der Waals surface area (Å²) in [6.45, 7) is 3.78. The Morgan fingerprint density at radius 1 is 0.967 bits per heavy atom. The van der Waals surface area contributed by atoms with Crippen LogP contribution in [0.3, 0.4) is 0 Å². The zero-order chi connectivity index (χ0) is 21.1. The summed E-state index contributed by atoms with van der Waals surface area (Å²) in [7, 11) is 3.53. The average molecular weight is 402 g/mol. The molecule has 0 unspecified atom stereocenters. The first-order valence-corrected chi connectivity index (χ1v) is 9.36. The minimum atomic E-state index is 0.618. The van der Waals surface area contributed by atoms with Crippen LogP contribution in [0.4, 0.5) is 23.1 Å². The van der Waals surface area contributed by atoms with E-state index in [1.807, 2.05) is 57.4 Å². The number of hydrogen-bond acceptors (Lipinski definition) is 8. The monoisotopic (exact) mass is 402 g/mol. The molecule has 0 radical (unpaired) electrons. The summed E-state index contributed by atoms with van der Waals surface area (Å²) in [4.78, 5) is 17.3. The van der Waals surface area contributed by atoms with E-state index < -0.39 is 0 Å². The van der Waals surface area contributed by atoms with Gasteiger partial charge in [-0.1, -0.05) is 12.1 Å². The highest BCUT2D eigenvalue weighted by Crippen LogP contribution is 2.37. The van der Waals surface area contributed by atoms with Crippen LogP contribution in [0.15, 0.2) is 49.1 Å². The number of nitrogens with one attached hydrogen (secondary N) is 2. The maximum absolute atomic E-state index is 5.69. The number of anilines is 4. The van der Waals surface area contributed by atoms with Crippen LogP contribution < -0.4 is 15.4 Å². The van der Waals surface area contributed by atoms with E-state index in [-0.39, 0.29) is 0 Å². The van der Waals surface area contributed by atoms with E-state index in [9.17, 15) is 0 Å². The number of aromatic nitrogens is 6. The SMILES string of the molecule is COc1c(Nc2cc(Nc3cc(C)nc(C)n3)ncn2)cccc1-c1cnn(C)c1. The Morgan fingerprint density at radius 2 is 1.77 bits per heavy atom. The van der Waals surface area contributed by atoms with Crippen molar-refractivity contribution in [3.05, 3.63) is 60.6 Å². The Bertz CT molecular complexity index is 1170. The quantitative estimate of drug-likeness (QED) is 0.502. The summed E-state index contributed by atoms with van der Waals surface area (Å²) < 4.78 is 7.45. The topological polar surface area (TPSA) is 103 Å². The van der Waals surface area contributed by atoms with Crippen molar-refractivity contribution in [3.63, 3.8) is 0 Å². The molecule has 4 rings (SSSR count). The fraction of sp³-hybridized carbons (Fsp3) is 0.190. The number of ether oxygens (including phenoxy) is 1. The molecule has 9 heteroatoms. The third-order valence-electron chi connectivity index (χ3n) is 4.39. The molecule has 4 aromatic rings. The number of nitrogens with zero attached hydrogens (tertiary/aromatic N) is 6. The van der Waals surface area contributed by atoms with Gasteiger partial charge in [0.15, 0.2) is 0 Å². The fourth-order valence-corrected chi connectivity index (χ4v) is 3.19. The summed E-state index contributed by atoms with van der Waals surface area (Å²) in [5.41, 5.74) is 3.58. The Balaban J connectivity index is 1.61. The van der Waals surface area contributed by atoms with Crippen LogP contribution in [-0.2, 0) is 7.05 Å². The molecule has 0 spiro atoms. The smallest absolute Gasteiger partial charge is 0.150 e. The third-order valence-corrected chi connectivity index (χ3v) is 4.39. The number of rotatable bonds is 6. The van der Waals surface area contributed by atoms with Crippen molar-refractivity contribution < 1.29 is 4.74 Å². The van der Waals surface area contributed by atoms with Crippen molar-refractivity contribution in [3.8, 4) is 16.9 Å². The van der Waals surface area contributed by atoms with Crippen molar-refractivity contribution in [1.29, 1.82) is 0 Å². The predicted octanol–water partition coefficient (Wildman–Crippen LogP) is 3.78. The van der Waals surface area contributed by atoms with Gasteiger partial charge in [0.2, 0.25) is 0 Å². The van der Waals surface area contributed by atoms with E-state index in [4.69, 9.17) is 4.74 Å². The van der Waals surface area contributed by atoms with Crippen LogP contribution in [0.2, 0.25) is 0 Å². The first kappa shape index (κ1) is 19.3. The van der Waals surface area contributed by atoms with Crippen LogP contribution >= 0.6 is 0 Å². The highest BCUT2D eigenvalue weighted by molar-refractivity contribution is 5.79. The standard InChI is InChI=1S/C21H22N8O/c1-13-8-20(26-14(2)25-13)28-19-9-18(22-12-23-19)27-17-7-5-6-16(21(17)30-4)15-10-24-29(3)11-15/h5-12H,1-4H3,(H2,22,23,25,26,27,28). The second kappa shape index (κ2) is 8.16. The molecule has 0 saturated carbocycles. The van der Waals surface area contributed by atoms with Gasteiger partial charge in [-0.3, -0.25) is 4.68 Å². The minimum absolute atomic E-state index is 0.618. The molecular weight excluding hydrogens is 380 g/mol. The number of hydrogen-bond donors (Lipinski definition) is 2. The molecule has 3 aromatic heterocycles. The average Bonchev–Trinajstić information content (AvgIpc) is 3.13. The van der Waals surface area contributed by atoms with Gasteiger partial charge >= 0.3 is 0 Å². The second-order valence-corrected chi connectivity index (χ2v) is 6.77. The molecular formula is C21H22N8O. The largest absolute Gasteiger partial charge is 0.494 e. The molecule has 0 amide bonds. The van der Waals surface area contributed by atoms with E-state index in [0.29, 0.717) is 29.0 Å². The van der Waals surface area contributed by atoms with Crippen molar-refractivity contribution >= 4 is 23.1 Å². The van der Waals surface area contributed by atoms with E-state index in [1.54, 1.807) is 18.0 Å². The van der Waals surface area contributed by atoms with Crippen LogP contribution in [0, 0.1) is 13.8 Å². The molecule has 0 bridgehead atoms. The van der Waals surface area contributed by atoms with Gasteiger partial charge in [0, 0.05) is 42.2 Å². The van der Waals surface area contributed by atoms with E-state index in [1.165, 1.54) is 6.33 Å². The van der Waals surface area contributed by atoms with Crippen LogP contribution in [0.5, 0.6) is 5.75 Å². The number of aryl methyl sites for hydroxylation is 3. The molecule has 0 aliphatic heterocycles. The maximum atomic E-state index is 5.69. The molecule has 2 N–H and O–H groups in total. The normalized spacial score (nSPS) is 10.7. The van der Waals surface area contributed by atoms with E-state index >= 15 is 0 Å². The summed E-state index contributed by atoms with van der Waals surface area (Å²) in [6, 6.07) is 9.56. The Morgan fingerprint density at radius 3 is 2.47 bits per heavy atom. The summed E-state index contributed by atoms with van der Waals surface area (Å²) in [6.07, 6.45) is 5.24. The molecule has 152 valence electrons. The molecule has 0 fully saturated rings. The van der Waals surface area contributed by atoms with Crippen LogP contribution in [0.25, 0.3) is 11.1 Å². The summed E-state index contributed by atoms with van der Waals surface area (Å²) in [5.74, 6) is 3.33. The van der Waals surface area contributed by atoms with Crippen molar-refractivity contribution in [1.82, 2.24) is 29.7 Å². The lowest BCUT2D eigenvalue weighted by atomic mass is 10.1. The van der Waals surface area contributed by atoms with Crippen LogP contribution in [-0.4, -0.2) is 36.8 Å². The highest BCUT2D eigenvalue weighted by atomic mass is 16.5. The van der Waals surface area contributed by atoms with Gasteiger partial charge < -0.3 is 15.4 Å². The van der Waals surface area contributed by atoms with Gasteiger partial charge in [-0.25, -0.2) is 19.9 Å². The molecule has 30 heavy (non-hydrogen) atoms. The zero-order valence-corrected chi connectivity index (χ0v) is 17.2. The zero-order valence-electron chi connectivity index (χ0n) is 17.2. The Kier molecular flexibility index (Phi) is 5.25. The van der Waals surface area contributed by atoms with Gasteiger partial charge in [-0.2, -0.15) is 5.10 Å². The summed E-state index contributed by atoms with van der Waals surface area (Å²) in [5, 5.41) is 10.8. The first-order chi connectivity index (χ1) is 14.5. The minimum Gasteiger partial charge on any atom is -0.494 e. The first-order valence-electron chi connectivity index (χ1n) is 9.36. The molecule has 3 heterocycles. The summed E-state index contributed by atoms with van der Waals surface area (Å²) >= 11 is 0. The molecule has 0 saturated heterocycles. The lowest BCUT2D eigenvalue weighted by Crippen LogP contribution is -2.02. The van der Waals surface area contributed by atoms with Crippen LogP contribution in [0.1, 0.15) is 11.5 Å². The lowest BCUT2D eigenvalue weighted by Gasteiger charge is -2.14. The van der Waals surface area contributed by atoms with Gasteiger partial charge in [0.25, 0.3) is 0 Å². The second-order valence-electron chi connectivity index (χ2n) is 6.77. The number of benzene rings is 1. The van der Waals surface area contributed by atoms with E-state index in [2.05, 4.69) is 35.7 Å². The third kappa shape index (κ3) is 4.19. The van der Waals surface area contributed by atoms with Crippen molar-refractivity contribution in [2.45, 2.75) is 13.8 Å². The van der Waals surface area contributed by atoms with Crippen molar-refractivity contribution in [2.24, 2.45) is 7.05 Å². The predicted molar refractivity (Wildman–Crippen MR) is 115 cm³/mol. The fourth-order valence-electron chi connectivity index (χ4n) is 3.19. The Labute approximate surface area is 174 Å².